The van der Waals surface area contributed by atoms with Gasteiger partial charge in [0.15, 0.2) is 0 Å². The molecule has 112 valence electrons. The third-order valence-electron chi connectivity index (χ3n) is 3.79. The van der Waals surface area contributed by atoms with Crippen molar-refractivity contribution in [2.24, 2.45) is 0 Å². The predicted molar refractivity (Wildman–Crippen MR) is 91.7 cm³/mol. The van der Waals surface area contributed by atoms with Crippen LogP contribution in [0.15, 0.2) is 29.8 Å². The Labute approximate surface area is 134 Å². The summed E-state index contributed by atoms with van der Waals surface area (Å²) in [6.45, 7) is 3.12. The second-order valence-corrected chi connectivity index (χ2v) is 7.76. The van der Waals surface area contributed by atoms with E-state index < -0.39 is 0 Å². The summed E-state index contributed by atoms with van der Waals surface area (Å²) >= 11 is 3.78. The summed E-state index contributed by atoms with van der Waals surface area (Å²) in [5, 5.41) is 7.67. The summed E-state index contributed by atoms with van der Waals surface area (Å²) in [7, 11) is 0. The van der Waals surface area contributed by atoms with Crippen molar-refractivity contribution in [1.82, 2.24) is 15.3 Å². The van der Waals surface area contributed by atoms with Gasteiger partial charge in [0.25, 0.3) is 0 Å². The summed E-state index contributed by atoms with van der Waals surface area (Å²) in [4.78, 5) is 9.04. The zero-order chi connectivity index (χ0) is 14.5. The lowest BCUT2D eigenvalue weighted by Crippen LogP contribution is -2.26. The van der Waals surface area contributed by atoms with Gasteiger partial charge in [-0.15, -0.1) is 11.3 Å². The van der Waals surface area contributed by atoms with Crippen molar-refractivity contribution in [2.75, 3.05) is 5.75 Å². The van der Waals surface area contributed by atoms with E-state index in [-0.39, 0.29) is 0 Å². The topological polar surface area (TPSA) is 37.8 Å². The van der Waals surface area contributed by atoms with E-state index in [4.69, 9.17) is 0 Å². The third-order valence-corrected chi connectivity index (χ3v) is 5.94. The van der Waals surface area contributed by atoms with E-state index >= 15 is 0 Å². The van der Waals surface area contributed by atoms with Crippen molar-refractivity contribution >= 4 is 23.1 Å². The number of thiazole rings is 1. The summed E-state index contributed by atoms with van der Waals surface area (Å²) in [5.74, 6) is 1.23. The van der Waals surface area contributed by atoms with Gasteiger partial charge in [-0.25, -0.2) is 4.98 Å². The Morgan fingerprint density at radius 2 is 2.33 bits per heavy atom. The first kappa shape index (κ1) is 15.0. The minimum Gasteiger partial charge on any atom is -0.308 e. The lowest BCUT2D eigenvalue weighted by atomic mass is 10.2. The van der Waals surface area contributed by atoms with Gasteiger partial charge >= 0.3 is 0 Å². The number of nitrogens with one attached hydrogen (secondary N) is 1. The van der Waals surface area contributed by atoms with Crippen LogP contribution in [0.2, 0.25) is 0 Å². The molecule has 2 heterocycles. The molecule has 0 spiro atoms. The lowest BCUT2D eigenvalue weighted by molar-refractivity contribution is 0.521. The first-order valence-corrected chi connectivity index (χ1v) is 9.48. The van der Waals surface area contributed by atoms with Crippen LogP contribution in [0.4, 0.5) is 0 Å². The number of hydrogen-bond donors (Lipinski definition) is 1. The van der Waals surface area contributed by atoms with E-state index in [9.17, 15) is 0 Å². The zero-order valence-corrected chi connectivity index (χ0v) is 13.9. The molecule has 1 fully saturated rings. The Morgan fingerprint density at radius 3 is 3.14 bits per heavy atom. The number of thioether (sulfide) groups is 1. The number of hydrogen-bond acceptors (Lipinski definition) is 5. The van der Waals surface area contributed by atoms with Crippen LogP contribution in [0.3, 0.4) is 0 Å². The van der Waals surface area contributed by atoms with Crippen molar-refractivity contribution in [3.8, 4) is 10.7 Å². The van der Waals surface area contributed by atoms with Gasteiger partial charge in [0, 0.05) is 29.4 Å². The fourth-order valence-electron chi connectivity index (χ4n) is 2.76. The molecule has 5 heteroatoms. The standard InChI is InChI=1S/C16H21N3S2/c1-2-20-14-7-6-12(9-14)18-10-13-11-21-16(19-13)15-5-3-4-8-17-15/h3-5,8,11-12,14,18H,2,6-7,9-10H2,1H3. The van der Waals surface area contributed by atoms with Gasteiger partial charge in [-0.3, -0.25) is 4.98 Å². The minimum atomic E-state index is 0.661. The highest BCUT2D eigenvalue weighted by Gasteiger charge is 2.24. The number of pyridine rings is 1. The predicted octanol–water partition coefficient (Wildman–Crippen LogP) is 3.97. The first-order valence-electron chi connectivity index (χ1n) is 7.56. The molecule has 3 rings (SSSR count). The molecule has 2 unspecified atom stereocenters. The molecule has 3 nitrogen and oxygen atoms in total. The van der Waals surface area contributed by atoms with Crippen LogP contribution >= 0.6 is 23.1 Å². The molecule has 21 heavy (non-hydrogen) atoms. The van der Waals surface area contributed by atoms with Crippen molar-refractivity contribution in [3.05, 3.63) is 35.5 Å². The molecule has 0 aliphatic heterocycles. The van der Waals surface area contributed by atoms with E-state index in [2.05, 4.69) is 39.4 Å². The Kier molecular flexibility index (Phi) is 5.27. The normalized spacial score (nSPS) is 21.8. The van der Waals surface area contributed by atoms with E-state index in [0.717, 1.165) is 28.2 Å². The molecule has 0 bridgehead atoms. The maximum Gasteiger partial charge on any atom is 0.142 e. The molecule has 1 aliphatic rings. The van der Waals surface area contributed by atoms with Gasteiger partial charge in [0.1, 0.15) is 5.01 Å². The van der Waals surface area contributed by atoms with E-state index in [1.165, 1.54) is 25.0 Å². The van der Waals surface area contributed by atoms with E-state index in [1.54, 1.807) is 11.3 Å². The highest BCUT2D eigenvalue weighted by molar-refractivity contribution is 7.99. The van der Waals surface area contributed by atoms with Crippen LogP contribution in [0.5, 0.6) is 0 Å². The maximum absolute atomic E-state index is 4.69. The van der Waals surface area contributed by atoms with Crippen molar-refractivity contribution in [2.45, 2.75) is 44.0 Å². The largest absolute Gasteiger partial charge is 0.308 e. The summed E-state index contributed by atoms with van der Waals surface area (Å²) < 4.78 is 0. The molecule has 0 radical (unpaired) electrons. The van der Waals surface area contributed by atoms with Gasteiger partial charge in [0.05, 0.1) is 11.4 Å². The molecular weight excluding hydrogens is 298 g/mol. The maximum atomic E-state index is 4.69. The van der Waals surface area contributed by atoms with Crippen LogP contribution in [-0.4, -0.2) is 27.0 Å². The smallest absolute Gasteiger partial charge is 0.142 e. The van der Waals surface area contributed by atoms with Crippen LogP contribution in [0.25, 0.3) is 10.7 Å². The van der Waals surface area contributed by atoms with Gasteiger partial charge in [0.2, 0.25) is 0 Å². The lowest BCUT2D eigenvalue weighted by Gasteiger charge is -2.11. The molecule has 0 saturated heterocycles. The molecule has 1 aliphatic carbocycles. The van der Waals surface area contributed by atoms with Gasteiger partial charge in [-0.2, -0.15) is 11.8 Å². The Bertz CT molecular complexity index is 556. The van der Waals surface area contributed by atoms with Crippen LogP contribution in [0, 0.1) is 0 Å². The van der Waals surface area contributed by atoms with Crippen molar-refractivity contribution in [3.63, 3.8) is 0 Å². The molecule has 1 N–H and O–H groups in total. The van der Waals surface area contributed by atoms with Crippen LogP contribution in [-0.2, 0) is 6.54 Å². The molecule has 2 aromatic rings. The Balaban J connectivity index is 1.52. The zero-order valence-electron chi connectivity index (χ0n) is 12.3. The first-order chi connectivity index (χ1) is 10.3. The second-order valence-electron chi connectivity index (χ2n) is 5.33. The third kappa shape index (κ3) is 4.05. The summed E-state index contributed by atoms with van der Waals surface area (Å²) in [5.41, 5.74) is 2.10. The van der Waals surface area contributed by atoms with Crippen LogP contribution < -0.4 is 5.32 Å². The fraction of sp³-hybridized carbons (Fsp3) is 0.500. The molecule has 0 aromatic carbocycles. The van der Waals surface area contributed by atoms with Crippen molar-refractivity contribution in [1.29, 1.82) is 0 Å². The summed E-state index contributed by atoms with van der Waals surface area (Å²) in [6.07, 6.45) is 5.77. The summed E-state index contributed by atoms with van der Waals surface area (Å²) in [6, 6.07) is 6.62. The van der Waals surface area contributed by atoms with Gasteiger partial charge in [-0.1, -0.05) is 13.0 Å². The number of aromatic nitrogens is 2. The van der Waals surface area contributed by atoms with E-state index in [1.807, 2.05) is 24.4 Å². The Morgan fingerprint density at radius 1 is 1.38 bits per heavy atom. The number of rotatable bonds is 6. The van der Waals surface area contributed by atoms with Crippen molar-refractivity contribution < 1.29 is 0 Å². The molecule has 2 aromatic heterocycles. The van der Waals surface area contributed by atoms with Gasteiger partial charge in [-0.05, 0) is 37.1 Å². The quantitative estimate of drug-likeness (QED) is 0.874. The monoisotopic (exact) mass is 319 g/mol. The average molecular weight is 319 g/mol. The Hall–Kier alpha value is -0.910. The second kappa shape index (κ2) is 7.38. The van der Waals surface area contributed by atoms with E-state index in [0.29, 0.717) is 6.04 Å². The SMILES string of the molecule is CCSC1CCC(NCc2csc(-c3ccccn3)n2)C1. The number of nitrogens with zero attached hydrogens (tertiary/aromatic N) is 2. The highest BCUT2D eigenvalue weighted by atomic mass is 32.2. The fourth-order valence-corrected chi connectivity index (χ4v) is 4.69. The average Bonchev–Trinajstić information content (AvgIpc) is 3.16. The molecular formula is C16H21N3S2. The minimum absolute atomic E-state index is 0.661. The molecule has 2 atom stereocenters. The molecule has 1 saturated carbocycles. The van der Waals surface area contributed by atoms with Crippen LogP contribution in [0.1, 0.15) is 31.9 Å². The molecule has 0 amide bonds. The van der Waals surface area contributed by atoms with Gasteiger partial charge < -0.3 is 5.32 Å². The highest BCUT2D eigenvalue weighted by Crippen LogP contribution is 2.30.